The second-order valence-electron chi connectivity index (χ2n) is 7.16. The van der Waals surface area contributed by atoms with Crippen LogP contribution in [-0.4, -0.2) is 9.55 Å². The number of halogens is 2. The number of nitrogens with zero attached hydrogens (tertiary/aromatic N) is 2. The number of rotatable bonds is 5. The summed E-state index contributed by atoms with van der Waals surface area (Å²) in [6, 6.07) is 23.7. The molecule has 2 heterocycles. The summed E-state index contributed by atoms with van der Waals surface area (Å²) in [5.74, 6) is 0.359. The highest BCUT2D eigenvalue weighted by molar-refractivity contribution is 14.1. The van der Waals surface area contributed by atoms with Gasteiger partial charge in [-0.1, -0.05) is 42.1 Å². The number of imidazole rings is 1. The minimum atomic E-state index is -0.425. The van der Waals surface area contributed by atoms with Crippen LogP contribution in [0.4, 0.5) is 4.39 Å². The number of hydrogen-bond donors (Lipinski definition) is 0. The first-order valence-electron chi connectivity index (χ1n) is 9.83. The van der Waals surface area contributed by atoms with Crippen molar-refractivity contribution in [3.63, 3.8) is 0 Å². The zero-order chi connectivity index (χ0) is 22.1. The van der Waals surface area contributed by atoms with Crippen LogP contribution in [0.5, 0.6) is 0 Å². The van der Waals surface area contributed by atoms with Crippen LogP contribution in [0.1, 0.15) is 5.56 Å². The van der Waals surface area contributed by atoms with Gasteiger partial charge in [0, 0.05) is 26.6 Å². The van der Waals surface area contributed by atoms with Gasteiger partial charge in [0.1, 0.15) is 11.4 Å². The van der Waals surface area contributed by atoms with E-state index in [0.717, 1.165) is 25.4 Å². The Hall–Kier alpha value is -2.91. The minimum absolute atomic E-state index is 0.260. The predicted molar refractivity (Wildman–Crippen MR) is 134 cm³/mol. The van der Waals surface area contributed by atoms with Crippen molar-refractivity contribution in [2.75, 3.05) is 0 Å². The van der Waals surface area contributed by atoms with Gasteiger partial charge in [-0.2, -0.15) is 0 Å². The normalized spacial score (nSPS) is 11.2. The molecule has 0 fully saturated rings. The molecule has 0 spiro atoms. The van der Waals surface area contributed by atoms with Gasteiger partial charge in [0.15, 0.2) is 5.16 Å². The average Bonchev–Trinajstić information content (AvgIpc) is 3.22. The highest BCUT2D eigenvalue weighted by Gasteiger charge is 2.16. The van der Waals surface area contributed by atoms with Gasteiger partial charge in [0.05, 0.1) is 11.3 Å². The maximum Gasteiger partial charge on any atom is 0.345 e. The van der Waals surface area contributed by atoms with E-state index in [2.05, 4.69) is 22.6 Å². The molecule has 4 nitrogen and oxygen atoms in total. The van der Waals surface area contributed by atoms with Gasteiger partial charge < -0.3 is 4.42 Å². The minimum Gasteiger partial charge on any atom is -0.422 e. The lowest BCUT2D eigenvalue weighted by Crippen LogP contribution is -2.02. The van der Waals surface area contributed by atoms with E-state index in [-0.39, 0.29) is 5.82 Å². The van der Waals surface area contributed by atoms with Gasteiger partial charge in [-0.3, -0.25) is 4.57 Å². The predicted octanol–water partition coefficient (Wildman–Crippen LogP) is 6.68. The highest BCUT2D eigenvalue weighted by atomic mass is 127. The monoisotopic (exact) mass is 554 g/mol. The SMILES string of the molecule is O=c1oc2ccccc2cc1-c1cn(-c2ccc(I)cc2)c(SCc2ccc(F)cc2)n1. The lowest BCUT2D eigenvalue weighted by molar-refractivity contribution is 0.563. The second-order valence-corrected chi connectivity index (χ2v) is 9.34. The summed E-state index contributed by atoms with van der Waals surface area (Å²) in [5.41, 5.74) is 3.01. The second kappa shape index (κ2) is 8.91. The number of para-hydroxylation sites is 1. The smallest absolute Gasteiger partial charge is 0.345 e. The fourth-order valence-electron chi connectivity index (χ4n) is 3.35. The molecule has 7 heteroatoms. The molecule has 5 rings (SSSR count). The van der Waals surface area contributed by atoms with E-state index in [4.69, 9.17) is 9.40 Å². The molecule has 158 valence electrons. The van der Waals surface area contributed by atoms with Gasteiger partial charge in [-0.15, -0.1) is 0 Å². The Bertz CT molecular complexity index is 1460. The quantitative estimate of drug-likeness (QED) is 0.138. The van der Waals surface area contributed by atoms with Crippen LogP contribution in [0.3, 0.4) is 0 Å². The molecule has 0 aliphatic heterocycles. The van der Waals surface area contributed by atoms with E-state index in [1.807, 2.05) is 59.3 Å². The molecule has 2 aromatic heterocycles. The van der Waals surface area contributed by atoms with Crippen LogP contribution in [0, 0.1) is 9.39 Å². The third-order valence-corrected chi connectivity index (χ3v) is 6.72. The Balaban J connectivity index is 1.57. The maximum atomic E-state index is 13.2. The largest absolute Gasteiger partial charge is 0.422 e. The van der Waals surface area contributed by atoms with Gasteiger partial charge >= 0.3 is 5.63 Å². The summed E-state index contributed by atoms with van der Waals surface area (Å²) < 4.78 is 21.8. The van der Waals surface area contributed by atoms with Gasteiger partial charge in [0.25, 0.3) is 0 Å². The molecule has 5 aromatic rings. The number of fused-ring (bicyclic) bond motifs is 1. The fourth-order valence-corrected chi connectivity index (χ4v) is 4.66. The number of hydrogen-bond acceptors (Lipinski definition) is 4. The van der Waals surface area contributed by atoms with E-state index in [9.17, 15) is 9.18 Å². The molecule has 0 saturated carbocycles. The van der Waals surface area contributed by atoms with Gasteiger partial charge in [0.2, 0.25) is 0 Å². The summed E-state index contributed by atoms with van der Waals surface area (Å²) in [4.78, 5) is 17.5. The van der Waals surface area contributed by atoms with Crippen molar-refractivity contribution in [2.45, 2.75) is 10.9 Å². The number of benzene rings is 3. The number of aromatic nitrogens is 2. The Morgan fingerprint density at radius 2 is 1.75 bits per heavy atom. The van der Waals surface area contributed by atoms with E-state index >= 15 is 0 Å². The van der Waals surface area contributed by atoms with Crippen LogP contribution in [-0.2, 0) is 5.75 Å². The van der Waals surface area contributed by atoms with E-state index in [1.165, 1.54) is 23.9 Å². The summed E-state index contributed by atoms with van der Waals surface area (Å²) >= 11 is 3.79. The molecule has 0 aliphatic carbocycles. The van der Waals surface area contributed by atoms with Crippen molar-refractivity contribution >= 4 is 45.3 Å². The molecule has 0 atom stereocenters. The third kappa shape index (κ3) is 4.35. The first kappa shape index (κ1) is 21.0. The molecular weight excluding hydrogens is 538 g/mol. The van der Waals surface area contributed by atoms with Gasteiger partial charge in [-0.05, 0) is 76.7 Å². The lowest BCUT2D eigenvalue weighted by Gasteiger charge is -2.07. The van der Waals surface area contributed by atoms with Crippen LogP contribution in [0.2, 0.25) is 0 Å². The van der Waals surface area contributed by atoms with Crippen LogP contribution < -0.4 is 5.63 Å². The zero-order valence-corrected chi connectivity index (χ0v) is 19.6. The molecule has 0 aliphatic rings. The fraction of sp³-hybridized carbons (Fsp3) is 0.0400. The summed E-state index contributed by atoms with van der Waals surface area (Å²) in [5, 5.41) is 1.57. The molecule has 0 amide bonds. The highest BCUT2D eigenvalue weighted by Crippen LogP contribution is 2.29. The topological polar surface area (TPSA) is 48.0 Å². The van der Waals surface area contributed by atoms with Crippen molar-refractivity contribution in [1.82, 2.24) is 9.55 Å². The third-order valence-electron chi connectivity index (χ3n) is 4.98. The molecule has 0 unspecified atom stereocenters. The molecular formula is C25H16FIN2O2S. The van der Waals surface area contributed by atoms with E-state index < -0.39 is 5.63 Å². The Morgan fingerprint density at radius 1 is 1.00 bits per heavy atom. The molecule has 0 N–H and O–H groups in total. The van der Waals surface area contributed by atoms with E-state index in [0.29, 0.717) is 22.6 Å². The standard InChI is InChI=1S/C25H16FIN2O2S/c26-18-7-5-16(6-8-18)15-32-25-28-22(14-29(25)20-11-9-19(27)10-12-20)21-13-17-3-1-2-4-23(17)31-24(21)30/h1-14H,15H2. The van der Waals surface area contributed by atoms with E-state index in [1.54, 1.807) is 18.2 Å². The zero-order valence-electron chi connectivity index (χ0n) is 16.7. The van der Waals surface area contributed by atoms with Crippen molar-refractivity contribution in [2.24, 2.45) is 0 Å². The Morgan fingerprint density at radius 3 is 2.53 bits per heavy atom. The van der Waals surface area contributed by atoms with Crippen LogP contribution in [0.15, 0.2) is 99.4 Å². The van der Waals surface area contributed by atoms with Crippen LogP contribution >= 0.6 is 34.4 Å². The summed E-state index contributed by atoms with van der Waals surface area (Å²) in [6.07, 6.45) is 1.86. The molecule has 0 radical (unpaired) electrons. The Labute approximate surface area is 201 Å². The van der Waals surface area contributed by atoms with Crippen molar-refractivity contribution in [1.29, 1.82) is 0 Å². The van der Waals surface area contributed by atoms with Gasteiger partial charge in [-0.25, -0.2) is 14.2 Å². The first-order valence-corrected chi connectivity index (χ1v) is 11.9. The molecule has 32 heavy (non-hydrogen) atoms. The average molecular weight is 554 g/mol. The molecule has 0 saturated heterocycles. The van der Waals surface area contributed by atoms with Crippen molar-refractivity contribution in [3.8, 4) is 16.9 Å². The maximum absolute atomic E-state index is 13.2. The lowest BCUT2D eigenvalue weighted by atomic mass is 10.1. The van der Waals surface area contributed by atoms with Crippen molar-refractivity contribution in [3.05, 3.63) is 110 Å². The first-order chi connectivity index (χ1) is 15.6. The Kier molecular flexibility index (Phi) is 5.84. The molecule has 0 bridgehead atoms. The molecule has 3 aromatic carbocycles. The summed E-state index contributed by atoms with van der Waals surface area (Å²) in [6.45, 7) is 0. The van der Waals surface area contributed by atoms with Crippen molar-refractivity contribution < 1.29 is 8.81 Å². The summed E-state index contributed by atoms with van der Waals surface area (Å²) in [7, 11) is 0. The number of thioether (sulfide) groups is 1. The van der Waals surface area contributed by atoms with Crippen LogP contribution in [0.25, 0.3) is 27.9 Å².